The van der Waals surface area contributed by atoms with E-state index in [0.717, 1.165) is 29.9 Å². The van der Waals surface area contributed by atoms with Gasteiger partial charge in [-0.15, -0.1) is 0 Å². The highest BCUT2D eigenvalue weighted by Gasteiger charge is 2.08. The van der Waals surface area contributed by atoms with E-state index in [2.05, 4.69) is 51.2 Å². The first-order chi connectivity index (χ1) is 16.5. The van der Waals surface area contributed by atoms with Gasteiger partial charge in [-0.25, -0.2) is 0 Å². The Balaban J connectivity index is -0.000000186. The number of aliphatic imine (C=N–C) groups is 2. The van der Waals surface area contributed by atoms with Gasteiger partial charge in [-0.2, -0.15) is 0 Å². The fraction of sp³-hybridized carbons (Fsp3) is 0.394. The maximum atomic E-state index is 4.37. The minimum Gasteiger partial charge on any atom is -0.266 e. The van der Waals surface area contributed by atoms with E-state index in [9.17, 15) is 0 Å². The number of aryl methyl sites for hydroxylation is 2. The van der Waals surface area contributed by atoms with Crippen LogP contribution in [-0.4, -0.2) is 21.4 Å². The number of allylic oxidation sites excluding steroid dienone is 1. The Morgan fingerprint density at radius 1 is 0.595 bits per heavy atom. The molecule has 0 spiro atoms. The standard InChI is InChI=1S/C9H9N.2C6H7N.C5H7N.2C2H6.3CH4/c1-7-6-8-4-2-3-5-9(8)10-7;2*1-6-4-2-3-5-7-6;1-5-3-2-4-6-5;2*1-2;;;/h2-5H,6H2,1H3;2*2-5H,1H3;2,4H,3H2,1H3;2*1-2H3;3*1H4. The zero-order valence-corrected chi connectivity index (χ0v) is 22.3. The van der Waals surface area contributed by atoms with Gasteiger partial charge >= 0.3 is 0 Å². The van der Waals surface area contributed by atoms with Gasteiger partial charge in [0, 0.05) is 54.2 Å². The van der Waals surface area contributed by atoms with E-state index in [0.29, 0.717) is 0 Å². The molecule has 0 bridgehead atoms. The van der Waals surface area contributed by atoms with Crippen LogP contribution in [0.15, 0.2) is 95.3 Å². The molecule has 0 N–H and O–H groups in total. The molecular weight excluding hydrogens is 452 g/mol. The third-order valence-electron chi connectivity index (χ3n) is 4.19. The topological polar surface area (TPSA) is 50.5 Å². The molecule has 0 saturated carbocycles. The first-order valence-electron chi connectivity index (χ1n) is 12.1. The second kappa shape index (κ2) is 27.2. The fourth-order valence-electron chi connectivity index (χ4n) is 2.64. The van der Waals surface area contributed by atoms with Gasteiger partial charge in [0.1, 0.15) is 0 Å². The molecule has 37 heavy (non-hydrogen) atoms. The summed E-state index contributed by atoms with van der Waals surface area (Å²) in [5.74, 6) is 0. The van der Waals surface area contributed by atoms with Gasteiger partial charge in [-0.1, -0.05) is 86.4 Å². The number of benzene rings is 1. The van der Waals surface area contributed by atoms with Crippen molar-refractivity contribution in [3.8, 4) is 0 Å². The summed E-state index contributed by atoms with van der Waals surface area (Å²) in [5, 5.41) is 0. The SMILES string of the molecule is C.C.C.CC.CC.CC1=NC=CC1.CC1=Nc2ccccc2C1.Cc1ccccn1.Cc1ccccn1. The molecule has 4 nitrogen and oxygen atoms in total. The van der Waals surface area contributed by atoms with E-state index < -0.39 is 0 Å². The number of rotatable bonds is 0. The molecule has 0 unspecified atom stereocenters. The molecule has 0 fully saturated rings. The number of nitrogens with zero attached hydrogens (tertiary/aromatic N) is 4. The second-order valence-corrected chi connectivity index (χ2v) is 7.05. The summed E-state index contributed by atoms with van der Waals surface area (Å²) in [6.45, 7) is 16.0. The summed E-state index contributed by atoms with van der Waals surface area (Å²) in [5.41, 5.74) is 7.10. The Hall–Kier alpha value is -3.40. The molecule has 4 heteroatoms. The third-order valence-corrected chi connectivity index (χ3v) is 4.19. The van der Waals surface area contributed by atoms with Crippen LogP contribution in [0.4, 0.5) is 5.69 Å². The third kappa shape index (κ3) is 20.5. The van der Waals surface area contributed by atoms with Crippen molar-refractivity contribution in [2.75, 3.05) is 0 Å². The predicted octanol–water partition coefficient (Wildman–Crippen LogP) is 10.4. The Kier molecular flexibility index (Phi) is 30.0. The largest absolute Gasteiger partial charge is 0.266 e. The normalized spacial score (nSPS) is 10.6. The smallest absolute Gasteiger partial charge is 0.0664 e. The van der Waals surface area contributed by atoms with E-state index in [-0.39, 0.29) is 22.3 Å². The van der Waals surface area contributed by atoms with Crippen molar-refractivity contribution in [1.29, 1.82) is 0 Å². The first kappa shape index (κ1) is 40.8. The van der Waals surface area contributed by atoms with Crippen molar-refractivity contribution in [3.63, 3.8) is 0 Å². The van der Waals surface area contributed by atoms with Crippen LogP contribution in [0.3, 0.4) is 0 Å². The highest BCUT2D eigenvalue weighted by molar-refractivity contribution is 5.91. The summed E-state index contributed by atoms with van der Waals surface area (Å²) >= 11 is 0. The van der Waals surface area contributed by atoms with Crippen LogP contribution in [0.5, 0.6) is 0 Å². The van der Waals surface area contributed by atoms with Gasteiger partial charge in [-0.05, 0) is 63.6 Å². The van der Waals surface area contributed by atoms with Crippen LogP contribution in [0.2, 0.25) is 0 Å². The Morgan fingerprint density at radius 3 is 1.38 bits per heavy atom. The molecule has 0 aliphatic carbocycles. The van der Waals surface area contributed by atoms with Crippen molar-refractivity contribution in [2.45, 2.75) is 90.5 Å². The number of hydrogen-bond acceptors (Lipinski definition) is 4. The average molecular weight is 507 g/mol. The molecule has 2 aliphatic rings. The lowest BCUT2D eigenvalue weighted by molar-refractivity contribution is 1.20. The number of aromatic nitrogens is 2. The molecule has 4 heterocycles. The monoisotopic (exact) mass is 506 g/mol. The van der Waals surface area contributed by atoms with Crippen molar-refractivity contribution in [1.82, 2.24) is 9.97 Å². The quantitative estimate of drug-likeness (QED) is 0.304. The first-order valence-corrected chi connectivity index (χ1v) is 12.1. The van der Waals surface area contributed by atoms with Gasteiger partial charge in [0.25, 0.3) is 0 Å². The van der Waals surface area contributed by atoms with E-state index in [4.69, 9.17) is 0 Å². The lowest BCUT2D eigenvalue weighted by atomic mass is 10.1. The molecule has 0 atom stereocenters. The van der Waals surface area contributed by atoms with Crippen LogP contribution < -0.4 is 0 Å². The van der Waals surface area contributed by atoms with Gasteiger partial charge in [0.2, 0.25) is 0 Å². The fourth-order valence-corrected chi connectivity index (χ4v) is 2.64. The summed E-state index contributed by atoms with van der Waals surface area (Å²) in [6, 6.07) is 20.0. The molecular formula is C33H54N4. The Labute approximate surface area is 229 Å². The second-order valence-electron chi connectivity index (χ2n) is 7.05. The van der Waals surface area contributed by atoms with Crippen LogP contribution >= 0.6 is 0 Å². The summed E-state index contributed by atoms with van der Waals surface area (Å²) < 4.78 is 0. The summed E-state index contributed by atoms with van der Waals surface area (Å²) in [4.78, 5) is 16.3. The van der Waals surface area contributed by atoms with Crippen LogP contribution in [-0.2, 0) is 6.42 Å². The molecule has 1 aromatic carbocycles. The Bertz CT molecular complexity index is 938. The van der Waals surface area contributed by atoms with E-state index in [1.54, 1.807) is 12.4 Å². The van der Waals surface area contributed by atoms with Gasteiger partial charge < -0.3 is 0 Å². The van der Waals surface area contributed by atoms with E-state index in [1.807, 2.05) is 97.1 Å². The molecule has 3 aromatic rings. The zero-order chi connectivity index (χ0) is 25.6. The molecule has 0 amide bonds. The molecule has 2 aromatic heterocycles. The van der Waals surface area contributed by atoms with Crippen molar-refractivity contribution >= 4 is 17.1 Å². The van der Waals surface area contributed by atoms with Crippen molar-refractivity contribution in [3.05, 3.63) is 102 Å². The van der Waals surface area contributed by atoms with Gasteiger partial charge in [0.15, 0.2) is 0 Å². The number of pyridine rings is 2. The minimum absolute atomic E-state index is 0. The van der Waals surface area contributed by atoms with E-state index >= 15 is 0 Å². The van der Waals surface area contributed by atoms with Crippen molar-refractivity contribution < 1.29 is 0 Å². The predicted molar refractivity (Wildman–Crippen MR) is 171 cm³/mol. The van der Waals surface area contributed by atoms with Crippen LogP contribution in [0.25, 0.3) is 0 Å². The lowest BCUT2D eigenvalue weighted by Crippen LogP contribution is -1.87. The number of fused-ring (bicyclic) bond motifs is 1. The highest BCUT2D eigenvalue weighted by Crippen LogP contribution is 2.25. The number of hydrogen-bond donors (Lipinski definition) is 0. The summed E-state index contributed by atoms with van der Waals surface area (Å²) in [7, 11) is 0. The van der Waals surface area contributed by atoms with Crippen LogP contribution in [0, 0.1) is 13.8 Å². The summed E-state index contributed by atoms with van der Waals surface area (Å²) in [6.07, 6.45) is 9.56. The van der Waals surface area contributed by atoms with Gasteiger partial charge in [-0.3, -0.25) is 20.0 Å². The molecule has 0 saturated heterocycles. The maximum absolute atomic E-state index is 4.37. The van der Waals surface area contributed by atoms with Crippen molar-refractivity contribution in [2.24, 2.45) is 9.98 Å². The van der Waals surface area contributed by atoms with Gasteiger partial charge in [0.05, 0.1) is 5.69 Å². The average Bonchev–Trinajstić information content (AvgIpc) is 3.51. The molecule has 0 radical (unpaired) electrons. The Morgan fingerprint density at radius 2 is 1.08 bits per heavy atom. The zero-order valence-electron chi connectivity index (χ0n) is 22.3. The maximum Gasteiger partial charge on any atom is 0.0664 e. The minimum atomic E-state index is 0. The van der Waals surface area contributed by atoms with Crippen LogP contribution in [0.1, 0.15) is 87.2 Å². The number of para-hydroxylation sites is 1. The molecule has 206 valence electrons. The molecule has 5 rings (SSSR count). The lowest BCUT2D eigenvalue weighted by Gasteiger charge is -1.91. The van der Waals surface area contributed by atoms with E-state index in [1.165, 1.54) is 17.0 Å². The highest BCUT2D eigenvalue weighted by atomic mass is 14.8. The molecule has 2 aliphatic heterocycles.